The van der Waals surface area contributed by atoms with E-state index in [0.29, 0.717) is 24.6 Å². The second-order valence-corrected chi connectivity index (χ2v) is 13.0. The Labute approximate surface area is 268 Å². The van der Waals surface area contributed by atoms with Crippen LogP contribution < -0.4 is 10.6 Å². The van der Waals surface area contributed by atoms with E-state index >= 15 is 0 Å². The van der Waals surface area contributed by atoms with Crippen molar-refractivity contribution in [3.63, 3.8) is 0 Å². The number of halogens is 1. The highest BCUT2D eigenvalue weighted by Gasteiger charge is 2.23. The molecule has 1 aliphatic heterocycles. The van der Waals surface area contributed by atoms with Gasteiger partial charge in [-0.15, -0.1) is 0 Å². The molecule has 4 heterocycles. The van der Waals surface area contributed by atoms with Crippen LogP contribution >= 0.6 is 0 Å². The van der Waals surface area contributed by atoms with Gasteiger partial charge in [0.1, 0.15) is 11.5 Å². The molecule has 0 aliphatic carbocycles. The first-order valence-corrected chi connectivity index (χ1v) is 15.5. The quantitative estimate of drug-likeness (QED) is 0.182. The number of fused-ring (bicyclic) bond motifs is 2. The number of carbonyl (C=O) groups excluding carboxylic acids is 1. The second kappa shape index (κ2) is 12.8. The lowest BCUT2D eigenvalue weighted by Crippen LogP contribution is -2.27. The molecule has 9 nitrogen and oxygen atoms in total. The smallest absolute Gasteiger partial charge is 0.229 e. The zero-order valence-corrected chi connectivity index (χ0v) is 26.9. The number of carbonyl (C=O) groups is 1. The predicted molar refractivity (Wildman–Crippen MR) is 183 cm³/mol. The number of aromatic amines is 1. The summed E-state index contributed by atoms with van der Waals surface area (Å²) in [6.07, 6.45) is 7.01. The lowest BCUT2D eigenvalue weighted by molar-refractivity contribution is -0.123. The minimum absolute atomic E-state index is 0.0879. The normalized spacial score (nSPS) is 13.3. The summed E-state index contributed by atoms with van der Waals surface area (Å²) in [5, 5.41) is 6.28. The van der Waals surface area contributed by atoms with Crippen LogP contribution in [-0.4, -0.2) is 70.2 Å². The summed E-state index contributed by atoms with van der Waals surface area (Å²) < 4.78 is 14.8. The van der Waals surface area contributed by atoms with Crippen LogP contribution in [0, 0.1) is 11.2 Å². The fraction of sp³-hybridized carbons (Fsp3) is 0.306. The Balaban J connectivity index is 1.36. The first-order chi connectivity index (χ1) is 22.0. The van der Waals surface area contributed by atoms with Crippen molar-refractivity contribution in [2.45, 2.75) is 33.6 Å². The molecule has 0 bridgehead atoms. The van der Waals surface area contributed by atoms with Gasteiger partial charge in [-0.1, -0.05) is 32.9 Å². The van der Waals surface area contributed by atoms with E-state index in [2.05, 4.69) is 25.5 Å². The highest BCUT2D eigenvalue weighted by atomic mass is 19.1. The van der Waals surface area contributed by atoms with E-state index in [4.69, 9.17) is 15.0 Å². The fourth-order valence-electron chi connectivity index (χ4n) is 5.42. The fourth-order valence-corrected chi connectivity index (χ4v) is 5.42. The Morgan fingerprint density at radius 3 is 2.63 bits per heavy atom. The monoisotopic (exact) mass is 618 g/mol. The molecule has 10 heteroatoms. The van der Waals surface area contributed by atoms with Crippen LogP contribution in [0.1, 0.15) is 44.1 Å². The van der Waals surface area contributed by atoms with Crippen LogP contribution in [0.3, 0.4) is 0 Å². The first-order valence-electron chi connectivity index (χ1n) is 15.5. The molecule has 2 aromatic carbocycles. The van der Waals surface area contributed by atoms with Crippen molar-refractivity contribution in [1.82, 2.24) is 24.8 Å². The van der Waals surface area contributed by atoms with Crippen LogP contribution in [0.4, 0.5) is 15.8 Å². The zero-order chi connectivity index (χ0) is 32.4. The maximum Gasteiger partial charge on any atom is 0.229 e. The van der Waals surface area contributed by atoms with Gasteiger partial charge >= 0.3 is 0 Å². The van der Waals surface area contributed by atoms with Crippen molar-refractivity contribution in [2.75, 3.05) is 44.4 Å². The summed E-state index contributed by atoms with van der Waals surface area (Å²) in [5.74, 6) is 0.249. The molecule has 0 saturated carbocycles. The predicted octanol–water partition coefficient (Wildman–Crippen LogP) is 6.57. The number of H-pyrrole nitrogens is 1. The van der Waals surface area contributed by atoms with Crippen molar-refractivity contribution >= 4 is 34.0 Å². The van der Waals surface area contributed by atoms with Crippen LogP contribution in [0.15, 0.2) is 72.1 Å². The van der Waals surface area contributed by atoms with Gasteiger partial charge in [-0.25, -0.2) is 9.37 Å². The number of imidazole rings is 1. The van der Waals surface area contributed by atoms with E-state index in [1.54, 1.807) is 18.5 Å². The highest BCUT2D eigenvalue weighted by Crippen LogP contribution is 2.32. The molecule has 5 aromatic rings. The molecule has 0 radical (unpaired) electrons. The molecular formula is C36H39FN8O. The molecule has 3 N–H and O–H groups in total. The summed E-state index contributed by atoms with van der Waals surface area (Å²) in [7, 11) is 4.01. The average Bonchev–Trinajstić information content (AvgIpc) is 3.33. The van der Waals surface area contributed by atoms with Crippen LogP contribution in [-0.2, 0) is 11.2 Å². The standard InChI is InChI=1S/C36H39FN8O/c1-36(2,3)35(46)42-27-16-24(19-38-21-27)31-18-29-22(20-41-31)8-7-11-40-33(29)34-43-30-10-6-9-28(32(30)44-34)23-14-25(37)17-26(15-23)39-12-13-45(4)5/h6,9-10,14-21,39H,7-8,11-13H2,1-5H3,(H,42,46)(H,43,44). The molecule has 3 aromatic heterocycles. The third kappa shape index (κ3) is 6.82. The largest absolute Gasteiger partial charge is 0.384 e. The van der Waals surface area contributed by atoms with Gasteiger partial charge in [0, 0.05) is 59.8 Å². The van der Waals surface area contributed by atoms with Gasteiger partial charge in [-0.2, -0.15) is 0 Å². The summed E-state index contributed by atoms with van der Waals surface area (Å²) in [5.41, 5.74) is 8.27. The molecule has 236 valence electrons. The first kappa shape index (κ1) is 31.0. The second-order valence-electron chi connectivity index (χ2n) is 13.0. The number of aryl methyl sites for hydroxylation is 1. The van der Waals surface area contributed by atoms with E-state index in [1.165, 1.54) is 6.07 Å². The number of likely N-dealkylation sites (N-methyl/N-ethyl adjacent to an activating group) is 1. The Morgan fingerprint density at radius 2 is 1.83 bits per heavy atom. The molecule has 0 atom stereocenters. The van der Waals surface area contributed by atoms with Gasteiger partial charge < -0.3 is 20.5 Å². The molecule has 6 rings (SSSR count). The minimum atomic E-state index is -0.532. The summed E-state index contributed by atoms with van der Waals surface area (Å²) in [6, 6.07) is 14.8. The summed E-state index contributed by atoms with van der Waals surface area (Å²) in [6.45, 7) is 7.81. The molecule has 0 unspecified atom stereocenters. The number of pyridine rings is 2. The van der Waals surface area contributed by atoms with Gasteiger partial charge in [-0.05, 0) is 74.5 Å². The van der Waals surface area contributed by atoms with Crippen molar-refractivity contribution in [1.29, 1.82) is 0 Å². The molecule has 46 heavy (non-hydrogen) atoms. The number of amides is 1. The Bertz CT molecular complexity index is 1940. The maximum atomic E-state index is 14.8. The van der Waals surface area contributed by atoms with E-state index in [1.807, 2.05) is 77.5 Å². The number of hydrogen-bond donors (Lipinski definition) is 3. The zero-order valence-electron chi connectivity index (χ0n) is 26.9. The number of para-hydroxylation sites is 1. The van der Waals surface area contributed by atoms with E-state index in [9.17, 15) is 9.18 Å². The van der Waals surface area contributed by atoms with Gasteiger partial charge in [0.05, 0.1) is 28.6 Å². The number of rotatable bonds is 8. The summed E-state index contributed by atoms with van der Waals surface area (Å²) >= 11 is 0. The van der Waals surface area contributed by atoms with Gasteiger partial charge in [-0.3, -0.25) is 19.8 Å². The number of anilines is 2. The lowest BCUT2D eigenvalue weighted by Gasteiger charge is -2.17. The van der Waals surface area contributed by atoms with Gasteiger partial charge in [0.25, 0.3) is 0 Å². The minimum Gasteiger partial charge on any atom is -0.384 e. The van der Waals surface area contributed by atoms with Gasteiger partial charge in [0.15, 0.2) is 5.82 Å². The number of aliphatic imine (C=N–C) groups is 1. The molecule has 0 saturated heterocycles. The van der Waals surface area contributed by atoms with Crippen molar-refractivity contribution in [3.05, 3.63) is 89.9 Å². The number of nitrogens with one attached hydrogen (secondary N) is 3. The number of aromatic nitrogens is 4. The summed E-state index contributed by atoms with van der Waals surface area (Å²) in [4.78, 5) is 37.3. The Morgan fingerprint density at radius 1 is 1.00 bits per heavy atom. The molecule has 1 aliphatic rings. The number of benzene rings is 2. The number of nitrogens with zero attached hydrogens (tertiary/aromatic N) is 5. The van der Waals surface area contributed by atoms with Crippen molar-refractivity contribution < 1.29 is 9.18 Å². The molecule has 1 amide bonds. The maximum absolute atomic E-state index is 14.8. The van der Waals surface area contributed by atoms with Crippen LogP contribution in [0.2, 0.25) is 0 Å². The van der Waals surface area contributed by atoms with E-state index in [-0.39, 0.29) is 11.7 Å². The van der Waals surface area contributed by atoms with Gasteiger partial charge in [0.2, 0.25) is 5.91 Å². The lowest BCUT2D eigenvalue weighted by atomic mass is 9.95. The third-order valence-corrected chi connectivity index (χ3v) is 7.92. The molecule has 0 spiro atoms. The third-order valence-electron chi connectivity index (χ3n) is 7.92. The number of hydrogen-bond acceptors (Lipinski definition) is 7. The average molecular weight is 619 g/mol. The highest BCUT2D eigenvalue weighted by molar-refractivity contribution is 6.14. The molecule has 0 fully saturated rings. The van der Waals surface area contributed by atoms with Crippen LogP contribution in [0.25, 0.3) is 33.4 Å². The van der Waals surface area contributed by atoms with E-state index < -0.39 is 5.41 Å². The van der Waals surface area contributed by atoms with Crippen LogP contribution in [0.5, 0.6) is 0 Å². The van der Waals surface area contributed by atoms with Crippen molar-refractivity contribution in [2.24, 2.45) is 10.4 Å². The Kier molecular flexibility index (Phi) is 8.64. The topological polar surface area (TPSA) is 111 Å². The Hall–Kier alpha value is -4.96. The van der Waals surface area contributed by atoms with Crippen molar-refractivity contribution in [3.8, 4) is 22.4 Å². The molecular weight excluding hydrogens is 579 g/mol. The SMILES string of the molecule is CN(C)CCNc1cc(F)cc(-c2cccc3[nH]c(C4=NCCCc5cnc(-c6cncc(NC(=O)C(C)(C)C)c6)cc54)nc23)c1. The van der Waals surface area contributed by atoms with E-state index in [0.717, 1.165) is 75.3 Å².